The number of carbonyl (C=O) groups excluding carboxylic acids is 1. The summed E-state index contributed by atoms with van der Waals surface area (Å²) in [5, 5.41) is 2.91. The first kappa shape index (κ1) is 12.6. The van der Waals surface area contributed by atoms with Gasteiger partial charge in [0, 0.05) is 11.8 Å². The summed E-state index contributed by atoms with van der Waals surface area (Å²) < 4.78 is 10.4. The lowest BCUT2D eigenvalue weighted by Crippen LogP contribution is -2.15. The first-order chi connectivity index (χ1) is 9.63. The van der Waals surface area contributed by atoms with Crippen molar-refractivity contribution in [2.24, 2.45) is 0 Å². The second kappa shape index (κ2) is 4.90. The maximum Gasteiger partial charge on any atom is 0.275 e. The van der Waals surface area contributed by atoms with Gasteiger partial charge in [0.05, 0.1) is 5.02 Å². The summed E-state index contributed by atoms with van der Waals surface area (Å²) in [4.78, 5) is 16.0. The highest BCUT2D eigenvalue weighted by atomic mass is 35.5. The molecule has 3 N–H and O–H groups in total. The fourth-order valence-corrected chi connectivity index (χ4v) is 1.97. The molecule has 0 fully saturated rings. The molecular weight excluding hydrogens is 282 g/mol. The molecule has 0 aliphatic carbocycles. The predicted octanol–water partition coefficient (Wildman–Crippen LogP) is 2.30. The number of aromatic nitrogens is 1. The Morgan fingerprint density at radius 1 is 1.25 bits per heavy atom. The van der Waals surface area contributed by atoms with Gasteiger partial charge in [0.1, 0.15) is 11.5 Å². The SMILES string of the molecule is Nc1ccc(Cl)c(C(=O)Nc2ccc3c(c2)OCO3)n1. The van der Waals surface area contributed by atoms with Gasteiger partial charge in [0.15, 0.2) is 11.5 Å². The van der Waals surface area contributed by atoms with Crippen molar-refractivity contribution in [2.75, 3.05) is 17.8 Å². The quantitative estimate of drug-likeness (QED) is 0.886. The number of amides is 1. The normalized spacial score (nSPS) is 12.2. The molecule has 0 radical (unpaired) electrons. The van der Waals surface area contributed by atoms with Crippen LogP contribution in [-0.4, -0.2) is 17.7 Å². The standard InChI is InChI=1S/C13H10ClN3O3/c14-8-2-4-11(15)17-12(8)13(18)16-7-1-3-9-10(5-7)20-6-19-9/h1-5H,6H2,(H2,15,17)(H,16,18). The van der Waals surface area contributed by atoms with Crippen LogP contribution in [0, 0.1) is 0 Å². The van der Waals surface area contributed by atoms with E-state index in [2.05, 4.69) is 10.3 Å². The molecule has 7 heteroatoms. The lowest BCUT2D eigenvalue weighted by molar-refractivity contribution is 0.102. The number of hydrogen-bond donors (Lipinski definition) is 2. The average molecular weight is 292 g/mol. The average Bonchev–Trinajstić information content (AvgIpc) is 2.89. The van der Waals surface area contributed by atoms with E-state index >= 15 is 0 Å². The third-order valence-corrected chi connectivity index (χ3v) is 3.02. The topological polar surface area (TPSA) is 86.5 Å². The molecule has 0 unspecified atom stereocenters. The van der Waals surface area contributed by atoms with Gasteiger partial charge < -0.3 is 20.5 Å². The number of hydrogen-bond acceptors (Lipinski definition) is 5. The maximum absolute atomic E-state index is 12.1. The van der Waals surface area contributed by atoms with Crippen LogP contribution in [0.4, 0.5) is 11.5 Å². The summed E-state index contributed by atoms with van der Waals surface area (Å²) in [6.07, 6.45) is 0. The van der Waals surface area contributed by atoms with E-state index in [1.807, 2.05) is 0 Å². The minimum atomic E-state index is -0.443. The Morgan fingerprint density at radius 2 is 2.05 bits per heavy atom. The summed E-state index contributed by atoms with van der Waals surface area (Å²) in [7, 11) is 0. The lowest BCUT2D eigenvalue weighted by atomic mass is 10.2. The molecule has 1 aliphatic rings. The Kier molecular flexibility index (Phi) is 3.08. The first-order valence-electron chi connectivity index (χ1n) is 5.76. The molecule has 1 amide bonds. The monoisotopic (exact) mass is 291 g/mol. The van der Waals surface area contributed by atoms with Gasteiger partial charge >= 0.3 is 0 Å². The Balaban J connectivity index is 1.84. The highest BCUT2D eigenvalue weighted by molar-refractivity contribution is 6.34. The highest BCUT2D eigenvalue weighted by Gasteiger charge is 2.16. The van der Waals surface area contributed by atoms with Crippen LogP contribution >= 0.6 is 11.6 Å². The maximum atomic E-state index is 12.1. The van der Waals surface area contributed by atoms with Crippen LogP contribution in [0.5, 0.6) is 11.5 Å². The van der Waals surface area contributed by atoms with Crippen LogP contribution < -0.4 is 20.5 Å². The molecule has 0 saturated heterocycles. The van der Waals surface area contributed by atoms with Gasteiger partial charge in [-0.3, -0.25) is 4.79 Å². The summed E-state index contributed by atoms with van der Waals surface area (Å²) in [6, 6.07) is 8.14. The number of nitrogens with one attached hydrogen (secondary N) is 1. The summed E-state index contributed by atoms with van der Waals surface area (Å²) in [5.74, 6) is 1.00. The zero-order valence-electron chi connectivity index (χ0n) is 10.2. The lowest BCUT2D eigenvalue weighted by Gasteiger charge is -2.07. The van der Waals surface area contributed by atoms with Crippen molar-refractivity contribution in [3.05, 3.63) is 41.0 Å². The van der Waals surface area contributed by atoms with E-state index in [0.717, 1.165) is 0 Å². The van der Waals surface area contributed by atoms with E-state index in [1.54, 1.807) is 18.2 Å². The molecule has 1 aliphatic heterocycles. The number of anilines is 2. The van der Waals surface area contributed by atoms with Gasteiger partial charge in [0.25, 0.3) is 5.91 Å². The Hall–Kier alpha value is -2.47. The third-order valence-electron chi connectivity index (χ3n) is 2.71. The number of carbonyl (C=O) groups is 1. The van der Waals surface area contributed by atoms with Crippen LogP contribution in [0.25, 0.3) is 0 Å². The van der Waals surface area contributed by atoms with Crippen molar-refractivity contribution in [2.45, 2.75) is 0 Å². The molecule has 0 saturated carbocycles. The zero-order chi connectivity index (χ0) is 14.1. The van der Waals surface area contributed by atoms with Crippen LogP contribution in [0.3, 0.4) is 0 Å². The number of nitrogen functional groups attached to an aromatic ring is 1. The number of benzene rings is 1. The predicted molar refractivity (Wildman–Crippen MR) is 74.2 cm³/mol. The van der Waals surface area contributed by atoms with Gasteiger partial charge in [-0.15, -0.1) is 0 Å². The van der Waals surface area contributed by atoms with Crippen molar-refractivity contribution < 1.29 is 14.3 Å². The Morgan fingerprint density at radius 3 is 2.90 bits per heavy atom. The number of nitrogens with zero attached hydrogens (tertiary/aromatic N) is 1. The number of halogens is 1. The molecular formula is C13H10ClN3O3. The second-order valence-corrected chi connectivity index (χ2v) is 4.50. The molecule has 2 heterocycles. The smallest absolute Gasteiger partial charge is 0.275 e. The number of pyridine rings is 1. The van der Waals surface area contributed by atoms with Crippen LogP contribution in [0.2, 0.25) is 5.02 Å². The largest absolute Gasteiger partial charge is 0.454 e. The molecule has 102 valence electrons. The minimum absolute atomic E-state index is 0.0735. The fraction of sp³-hybridized carbons (Fsp3) is 0.0769. The molecule has 2 aromatic rings. The second-order valence-electron chi connectivity index (χ2n) is 4.09. The molecule has 0 spiro atoms. The van der Waals surface area contributed by atoms with E-state index in [9.17, 15) is 4.79 Å². The molecule has 1 aromatic carbocycles. The zero-order valence-corrected chi connectivity index (χ0v) is 11.0. The molecule has 3 rings (SSSR count). The summed E-state index contributed by atoms with van der Waals surface area (Å²) >= 11 is 5.93. The Bertz CT molecular complexity index is 691. The van der Waals surface area contributed by atoms with Crippen molar-refractivity contribution in [3.63, 3.8) is 0 Å². The molecule has 20 heavy (non-hydrogen) atoms. The highest BCUT2D eigenvalue weighted by Crippen LogP contribution is 2.34. The van der Waals surface area contributed by atoms with Gasteiger partial charge in [0.2, 0.25) is 6.79 Å². The molecule has 6 nitrogen and oxygen atoms in total. The number of ether oxygens (including phenoxy) is 2. The van der Waals surface area contributed by atoms with E-state index < -0.39 is 5.91 Å². The van der Waals surface area contributed by atoms with Crippen LogP contribution in [0.15, 0.2) is 30.3 Å². The van der Waals surface area contributed by atoms with Crippen molar-refractivity contribution >= 4 is 29.0 Å². The fourth-order valence-electron chi connectivity index (χ4n) is 1.78. The van der Waals surface area contributed by atoms with Crippen molar-refractivity contribution in [1.29, 1.82) is 0 Å². The van der Waals surface area contributed by atoms with E-state index in [-0.39, 0.29) is 23.3 Å². The van der Waals surface area contributed by atoms with Gasteiger partial charge in [-0.05, 0) is 24.3 Å². The van der Waals surface area contributed by atoms with Crippen LogP contribution in [0.1, 0.15) is 10.5 Å². The molecule has 0 bridgehead atoms. The summed E-state index contributed by atoms with van der Waals surface area (Å²) in [5.41, 5.74) is 6.17. The first-order valence-corrected chi connectivity index (χ1v) is 6.14. The van der Waals surface area contributed by atoms with Crippen molar-refractivity contribution in [3.8, 4) is 11.5 Å². The minimum Gasteiger partial charge on any atom is -0.454 e. The van der Waals surface area contributed by atoms with Crippen molar-refractivity contribution in [1.82, 2.24) is 4.98 Å². The van der Waals surface area contributed by atoms with E-state index in [4.69, 9.17) is 26.8 Å². The molecule has 1 aromatic heterocycles. The van der Waals surface area contributed by atoms with Gasteiger partial charge in [-0.2, -0.15) is 0 Å². The van der Waals surface area contributed by atoms with E-state index in [0.29, 0.717) is 17.2 Å². The Labute approximate surface area is 119 Å². The van der Waals surface area contributed by atoms with Crippen LogP contribution in [-0.2, 0) is 0 Å². The van der Waals surface area contributed by atoms with Gasteiger partial charge in [-0.1, -0.05) is 11.6 Å². The van der Waals surface area contributed by atoms with E-state index in [1.165, 1.54) is 12.1 Å². The number of fused-ring (bicyclic) bond motifs is 1. The summed E-state index contributed by atoms with van der Waals surface area (Å²) in [6.45, 7) is 0.176. The van der Waals surface area contributed by atoms with Gasteiger partial charge in [-0.25, -0.2) is 4.98 Å². The number of nitrogens with two attached hydrogens (primary N) is 1. The third kappa shape index (κ3) is 2.33. The molecule has 0 atom stereocenters. The number of rotatable bonds is 2.